The topological polar surface area (TPSA) is 43.6 Å². The lowest BCUT2D eigenvalue weighted by Crippen LogP contribution is -2.25. The van der Waals surface area contributed by atoms with Gasteiger partial charge in [0.2, 0.25) is 0 Å². The summed E-state index contributed by atoms with van der Waals surface area (Å²) < 4.78 is 19.6. The number of fused-ring (bicyclic) bond motifs is 1. The molecule has 114 valence electrons. The molecular formula is C14H16Cl2N2O2S. The van der Waals surface area contributed by atoms with Crippen molar-refractivity contribution in [3.8, 4) is 0 Å². The summed E-state index contributed by atoms with van der Waals surface area (Å²) in [6, 6.07) is 1.65. The van der Waals surface area contributed by atoms with E-state index in [4.69, 9.17) is 27.9 Å². The average Bonchev–Trinajstić information content (AvgIpc) is 2.82. The highest BCUT2D eigenvalue weighted by atomic mass is 35.5. The van der Waals surface area contributed by atoms with Gasteiger partial charge in [0.25, 0.3) is 0 Å². The fourth-order valence-corrected chi connectivity index (χ4v) is 4.31. The van der Waals surface area contributed by atoms with Crippen LogP contribution in [0.2, 0.25) is 10.0 Å². The molecule has 1 aliphatic heterocycles. The van der Waals surface area contributed by atoms with Crippen LogP contribution in [0.5, 0.6) is 0 Å². The van der Waals surface area contributed by atoms with Crippen LogP contribution in [0.3, 0.4) is 0 Å². The van der Waals surface area contributed by atoms with Crippen molar-refractivity contribution in [3.05, 3.63) is 34.2 Å². The lowest BCUT2D eigenvalue weighted by atomic mass is 10.1. The van der Waals surface area contributed by atoms with Gasteiger partial charge in [-0.05, 0) is 25.3 Å². The van der Waals surface area contributed by atoms with E-state index in [1.54, 1.807) is 16.7 Å². The highest BCUT2D eigenvalue weighted by Gasteiger charge is 2.18. The van der Waals surface area contributed by atoms with Gasteiger partial charge in [0, 0.05) is 29.8 Å². The van der Waals surface area contributed by atoms with Crippen molar-refractivity contribution >= 4 is 39.6 Å². The van der Waals surface area contributed by atoms with Crippen LogP contribution in [0.25, 0.3) is 5.65 Å². The number of hydrogen-bond donors (Lipinski definition) is 0. The van der Waals surface area contributed by atoms with Gasteiger partial charge in [-0.25, -0.2) is 4.98 Å². The van der Waals surface area contributed by atoms with Crippen molar-refractivity contribution in [1.82, 2.24) is 9.38 Å². The maximum absolute atomic E-state index is 12.2. The minimum absolute atomic E-state index is 0.120. The number of aromatic nitrogens is 2. The Kier molecular flexibility index (Phi) is 4.84. The summed E-state index contributed by atoms with van der Waals surface area (Å²) in [5, 5.41) is 1.04. The van der Waals surface area contributed by atoms with Gasteiger partial charge in [-0.1, -0.05) is 23.2 Å². The molecule has 21 heavy (non-hydrogen) atoms. The van der Waals surface area contributed by atoms with Gasteiger partial charge in [0.05, 0.1) is 33.3 Å². The highest BCUT2D eigenvalue weighted by Crippen LogP contribution is 2.22. The molecule has 0 N–H and O–H groups in total. The van der Waals surface area contributed by atoms with E-state index in [-0.39, 0.29) is 6.10 Å². The van der Waals surface area contributed by atoms with E-state index < -0.39 is 10.8 Å². The zero-order valence-corrected chi connectivity index (χ0v) is 13.8. The van der Waals surface area contributed by atoms with E-state index in [2.05, 4.69) is 4.98 Å². The van der Waals surface area contributed by atoms with Gasteiger partial charge in [-0.3, -0.25) is 4.21 Å². The highest BCUT2D eigenvalue weighted by molar-refractivity contribution is 7.84. The molecule has 1 aliphatic rings. The number of pyridine rings is 1. The molecule has 2 aromatic rings. The monoisotopic (exact) mass is 346 g/mol. The maximum atomic E-state index is 12.2. The predicted molar refractivity (Wildman–Crippen MR) is 85.5 cm³/mol. The largest absolute Gasteiger partial charge is 0.377 e. The third-order valence-corrected chi connectivity index (χ3v) is 5.32. The van der Waals surface area contributed by atoms with Crippen molar-refractivity contribution in [1.29, 1.82) is 0 Å². The molecule has 0 amide bonds. The van der Waals surface area contributed by atoms with Gasteiger partial charge >= 0.3 is 0 Å². The minimum Gasteiger partial charge on any atom is -0.377 e. The minimum atomic E-state index is -0.984. The molecule has 0 radical (unpaired) electrons. The van der Waals surface area contributed by atoms with Crippen molar-refractivity contribution in [2.75, 3.05) is 12.4 Å². The molecule has 2 atom stereocenters. The van der Waals surface area contributed by atoms with Crippen LogP contribution in [0.15, 0.2) is 18.5 Å². The zero-order chi connectivity index (χ0) is 14.8. The molecule has 3 rings (SSSR count). The molecule has 0 aromatic carbocycles. The quantitative estimate of drug-likeness (QED) is 0.851. The first-order valence-electron chi connectivity index (χ1n) is 6.91. The van der Waals surface area contributed by atoms with Crippen molar-refractivity contribution in [3.63, 3.8) is 0 Å². The Hall–Kier alpha value is -0.620. The third kappa shape index (κ3) is 3.77. The summed E-state index contributed by atoms with van der Waals surface area (Å²) in [6.45, 7) is 0.782. The molecule has 3 heterocycles. The molecule has 0 saturated carbocycles. The van der Waals surface area contributed by atoms with Gasteiger partial charge in [0.1, 0.15) is 0 Å². The number of rotatable bonds is 4. The van der Waals surface area contributed by atoms with Crippen LogP contribution in [0.1, 0.15) is 25.0 Å². The molecule has 7 heteroatoms. The zero-order valence-electron chi connectivity index (χ0n) is 11.4. The first kappa shape index (κ1) is 15.3. The number of hydrogen-bond acceptors (Lipinski definition) is 3. The van der Waals surface area contributed by atoms with Gasteiger partial charge < -0.3 is 9.14 Å². The molecule has 0 spiro atoms. The Labute approximate surface area is 135 Å². The molecule has 0 aliphatic carbocycles. The summed E-state index contributed by atoms with van der Waals surface area (Å²) >= 11 is 12.1. The van der Waals surface area contributed by atoms with Gasteiger partial charge in [-0.15, -0.1) is 0 Å². The molecule has 2 aromatic heterocycles. The predicted octanol–water partition coefficient (Wildman–Crippen LogP) is 3.46. The number of imidazole rings is 1. The third-order valence-electron chi connectivity index (χ3n) is 3.48. The lowest BCUT2D eigenvalue weighted by Gasteiger charge is -2.21. The van der Waals surface area contributed by atoms with Crippen LogP contribution in [0.4, 0.5) is 0 Å². The molecule has 4 nitrogen and oxygen atoms in total. The summed E-state index contributed by atoms with van der Waals surface area (Å²) in [7, 11) is -0.984. The summed E-state index contributed by atoms with van der Waals surface area (Å²) in [5.74, 6) is 0.984. The molecule has 0 bridgehead atoms. The van der Waals surface area contributed by atoms with Crippen LogP contribution < -0.4 is 0 Å². The lowest BCUT2D eigenvalue weighted by molar-refractivity contribution is 0.0310. The molecule has 1 saturated heterocycles. The van der Waals surface area contributed by atoms with Crippen LogP contribution in [-0.2, 0) is 21.3 Å². The second-order valence-corrected chi connectivity index (χ2v) is 7.55. The molecule has 1 fully saturated rings. The maximum Gasteiger partial charge on any atom is 0.155 e. The fraction of sp³-hybridized carbons (Fsp3) is 0.500. The first-order valence-corrected chi connectivity index (χ1v) is 9.15. The SMILES string of the molecule is O=[S@](Cc1cn2cc(Cl)cc(Cl)c2n1)C[C@@H]1CCCCO1. The smallest absolute Gasteiger partial charge is 0.155 e. The van der Waals surface area contributed by atoms with Crippen LogP contribution in [-0.4, -0.2) is 32.1 Å². The second-order valence-electron chi connectivity index (χ2n) is 5.21. The normalized spacial score (nSPS) is 20.8. The second kappa shape index (κ2) is 6.65. The van der Waals surface area contributed by atoms with Crippen LogP contribution >= 0.6 is 23.2 Å². The van der Waals surface area contributed by atoms with Gasteiger partial charge in [-0.2, -0.15) is 0 Å². The van der Waals surface area contributed by atoms with Gasteiger partial charge in [0.15, 0.2) is 5.65 Å². The fourth-order valence-electron chi connectivity index (χ4n) is 2.51. The number of nitrogens with zero attached hydrogens (tertiary/aromatic N) is 2. The Morgan fingerprint density at radius 3 is 3.00 bits per heavy atom. The van der Waals surface area contributed by atoms with Crippen LogP contribution in [0, 0.1) is 0 Å². The summed E-state index contributed by atoms with van der Waals surface area (Å²) in [6.07, 6.45) is 6.95. The molecule has 0 unspecified atom stereocenters. The van der Waals surface area contributed by atoms with E-state index in [1.807, 2.05) is 6.20 Å². The summed E-state index contributed by atoms with van der Waals surface area (Å²) in [4.78, 5) is 4.42. The Morgan fingerprint density at radius 2 is 2.24 bits per heavy atom. The van der Waals surface area contributed by atoms with E-state index in [9.17, 15) is 4.21 Å². The van der Waals surface area contributed by atoms with Crippen molar-refractivity contribution < 1.29 is 8.95 Å². The van der Waals surface area contributed by atoms with Crippen molar-refractivity contribution in [2.45, 2.75) is 31.1 Å². The van der Waals surface area contributed by atoms with E-state index >= 15 is 0 Å². The summed E-state index contributed by atoms with van der Waals surface area (Å²) in [5.41, 5.74) is 1.40. The standard InChI is InChI=1S/C14H16Cl2N2O2S/c15-10-5-13(16)14-17-11(7-18(14)6-10)8-21(19)9-12-3-1-2-4-20-12/h5-7,12H,1-4,8-9H2/t12-,21+/m0/s1. The van der Waals surface area contributed by atoms with Crippen molar-refractivity contribution in [2.24, 2.45) is 0 Å². The average molecular weight is 347 g/mol. The molecular weight excluding hydrogens is 331 g/mol. The number of ether oxygens (including phenoxy) is 1. The van der Waals surface area contributed by atoms with E-state index in [1.165, 1.54) is 0 Å². The Balaban J connectivity index is 1.69. The van der Waals surface area contributed by atoms with E-state index in [0.29, 0.717) is 27.2 Å². The Morgan fingerprint density at radius 1 is 1.38 bits per heavy atom. The first-order chi connectivity index (χ1) is 10.1. The Bertz CT molecular complexity index is 668. The van der Waals surface area contributed by atoms with E-state index in [0.717, 1.165) is 31.6 Å². The number of halogens is 2.